The molecular formula is C31H74O6Si5. The molecule has 0 spiro atoms. The summed E-state index contributed by atoms with van der Waals surface area (Å²) in [5, 5.41) is 0. The molecule has 0 bridgehead atoms. The summed E-state index contributed by atoms with van der Waals surface area (Å²) in [4.78, 5) is 0. The van der Waals surface area contributed by atoms with Crippen LogP contribution in [0.1, 0.15) is 114 Å². The Bertz CT molecular complexity index is 568. The Kier molecular flexibility index (Phi) is 22.8. The van der Waals surface area contributed by atoms with Gasteiger partial charge in [0.15, 0.2) is 25.0 Å². The van der Waals surface area contributed by atoms with E-state index in [1.807, 2.05) is 0 Å². The van der Waals surface area contributed by atoms with Crippen LogP contribution in [0.4, 0.5) is 0 Å². The summed E-state index contributed by atoms with van der Waals surface area (Å²) < 4.78 is 39.5. The molecule has 42 heavy (non-hydrogen) atoms. The van der Waals surface area contributed by atoms with Crippen molar-refractivity contribution in [2.45, 2.75) is 180 Å². The summed E-state index contributed by atoms with van der Waals surface area (Å²) in [6.07, 6.45) is 9.87. The molecule has 0 fully saturated rings. The molecule has 0 aliphatic rings. The van der Waals surface area contributed by atoms with E-state index in [1.54, 1.807) is 21.3 Å². The largest absolute Gasteiger partial charge is 0.500 e. The third-order valence-electron chi connectivity index (χ3n) is 10.6. The molecule has 254 valence electrons. The first-order chi connectivity index (χ1) is 20.1. The minimum atomic E-state index is -2.85. The highest BCUT2D eigenvalue weighted by Gasteiger charge is 2.54. The highest BCUT2D eigenvalue weighted by molar-refractivity contribution is 6.92. The van der Waals surface area contributed by atoms with Crippen molar-refractivity contribution in [2.24, 2.45) is 0 Å². The maximum atomic E-state index is 7.60. The summed E-state index contributed by atoms with van der Waals surface area (Å²) in [6, 6.07) is 12.3. The van der Waals surface area contributed by atoms with Gasteiger partial charge in [-0.05, 0) is 67.2 Å². The van der Waals surface area contributed by atoms with Crippen LogP contribution in [0, 0.1) is 0 Å². The SMILES string of the molecule is CC[Si](CC)(CC)O[Si](CCCCCCCCCC[Si](OC)(OC)OC)(O[Si](CC)(CC)CC)O[Si](CC)(CC)CC. The Balaban J connectivity index is 5.62. The fraction of sp³-hybridized carbons (Fsp3) is 1.00. The van der Waals surface area contributed by atoms with Gasteiger partial charge in [0.2, 0.25) is 0 Å². The molecule has 0 rings (SSSR count). The van der Waals surface area contributed by atoms with Gasteiger partial charge in [0.25, 0.3) is 0 Å². The molecule has 0 saturated heterocycles. The van der Waals surface area contributed by atoms with E-state index in [0.29, 0.717) is 0 Å². The van der Waals surface area contributed by atoms with Crippen LogP contribution in [0.5, 0.6) is 0 Å². The van der Waals surface area contributed by atoms with Gasteiger partial charge in [0.1, 0.15) is 0 Å². The van der Waals surface area contributed by atoms with E-state index in [0.717, 1.165) is 72.9 Å². The van der Waals surface area contributed by atoms with Gasteiger partial charge < -0.3 is 25.6 Å². The molecule has 0 aliphatic heterocycles. The lowest BCUT2D eigenvalue weighted by Crippen LogP contribution is -2.64. The van der Waals surface area contributed by atoms with E-state index < -0.39 is 42.6 Å². The minimum absolute atomic E-state index is 0.900. The molecule has 0 radical (unpaired) electrons. The van der Waals surface area contributed by atoms with Gasteiger partial charge in [-0.3, -0.25) is 0 Å². The lowest BCUT2D eigenvalue weighted by atomic mass is 10.1. The van der Waals surface area contributed by atoms with E-state index in [1.165, 1.54) is 44.9 Å². The first-order valence-corrected chi connectivity index (χ1v) is 29.3. The Labute approximate surface area is 268 Å². The smallest absolute Gasteiger partial charge is 0.416 e. The zero-order chi connectivity index (χ0) is 32.2. The number of rotatable bonds is 29. The molecular weight excluding hydrogens is 609 g/mol. The van der Waals surface area contributed by atoms with E-state index in [9.17, 15) is 0 Å². The first kappa shape index (κ1) is 42.8. The molecule has 0 N–H and O–H groups in total. The second kappa shape index (κ2) is 22.4. The van der Waals surface area contributed by atoms with Gasteiger partial charge in [-0.2, -0.15) is 0 Å². The van der Waals surface area contributed by atoms with Gasteiger partial charge in [-0.1, -0.05) is 101 Å². The molecule has 0 aliphatic carbocycles. The molecule has 0 saturated carbocycles. The van der Waals surface area contributed by atoms with Gasteiger partial charge in [0, 0.05) is 33.4 Å². The Morgan fingerprint density at radius 2 is 0.524 bits per heavy atom. The normalized spacial score (nSPS) is 13.7. The summed E-state index contributed by atoms with van der Waals surface area (Å²) in [7, 11) is -5.90. The van der Waals surface area contributed by atoms with E-state index >= 15 is 0 Å². The van der Waals surface area contributed by atoms with Crippen LogP contribution in [-0.2, 0) is 25.6 Å². The van der Waals surface area contributed by atoms with Crippen LogP contribution in [0.2, 0.25) is 66.5 Å². The van der Waals surface area contributed by atoms with Crippen molar-refractivity contribution in [2.75, 3.05) is 21.3 Å². The van der Waals surface area contributed by atoms with Crippen LogP contribution in [0.25, 0.3) is 0 Å². The van der Waals surface area contributed by atoms with Crippen molar-refractivity contribution in [3.63, 3.8) is 0 Å². The fourth-order valence-electron chi connectivity index (χ4n) is 6.40. The maximum absolute atomic E-state index is 7.60. The van der Waals surface area contributed by atoms with Gasteiger partial charge in [0.05, 0.1) is 0 Å². The summed E-state index contributed by atoms with van der Waals surface area (Å²) in [6.45, 7) is 21.2. The topological polar surface area (TPSA) is 55.4 Å². The molecule has 0 unspecified atom stereocenters. The van der Waals surface area contributed by atoms with E-state index in [-0.39, 0.29) is 0 Å². The van der Waals surface area contributed by atoms with Crippen LogP contribution < -0.4 is 0 Å². The van der Waals surface area contributed by atoms with Gasteiger partial charge in [-0.25, -0.2) is 0 Å². The average Bonchev–Trinajstić information content (AvgIpc) is 3.04. The predicted octanol–water partition coefficient (Wildman–Crippen LogP) is 11.0. The monoisotopic (exact) mass is 682 g/mol. The predicted molar refractivity (Wildman–Crippen MR) is 194 cm³/mol. The van der Waals surface area contributed by atoms with Crippen LogP contribution in [-0.4, -0.2) is 63.9 Å². The van der Waals surface area contributed by atoms with E-state index in [2.05, 4.69) is 62.3 Å². The highest BCUT2D eigenvalue weighted by atomic mass is 28.5. The highest BCUT2D eigenvalue weighted by Crippen LogP contribution is 2.39. The first-order valence-electron chi connectivity index (χ1n) is 17.8. The lowest BCUT2D eigenvalue weighted by molar-refractivity contribution is 0.122. The fourth-order valence-corrected chi connectivity index (χ4v) is 29.3. The average molecular weight is 683 g/mol. The van der Waals surface area contributed by atoms with Crippen LogP contribution in [0.15, 0.2) is 0 Å². The van der Waals surface area contributed by atoms with Crippen molar-refractivity contribution >= 4 is 42.6 Å². The van der Waals surface area contributed by atoms with Crippen LogP contribution in [0.3, 0.4) is 0 Å². The molecule has 0 atom stereocenters. The quantitative estimate of drug-likeness (QED) is 0.0578. The molecule has 0 amide bonds. The molecule has 0 aromatic heterocycles. The summed E-state index contributed by atoms with van der Waals surface area (Å²) in [5.74, 6) is 0. The lowest BCUT2D eigenvalue weighted by Gasteiger charge is -2.48. The minimum Gasteiger partial charge on any atom is -0.416 e. The van der Waals surface area contributed by atoms with Gasteiger partial charge in [-0.15, -0.1) is 0 Å². The Morgan fingerprint density at radius 3 is 0.738 bits per heavy atom. The second-order valence-corrected chi connectivity index (χ2v) is 33.2. The van der Waals surface area contributed by atoms with Crippen molar-refractivity contribution in [3.8, 4) is 0 Å². The summed E-state index contributed by atoms with van der Waals surface area (Å²) in [5.41, 5.74) is 0. The zero-order valence-corrected chi connectivity index (χ0v) is 35.4. The molecule has 0 aromatic rings. The Morgan fingerprint density at radius 1 is 0.310 bits per heavy atom. The molecule has 11 heteroatoms. The maximum Gasteiger partial charge on any atom is 0.500 e. The van der Waals surface area contributed by atoms with Crippen molar-refractivity contribution < 1.29 is 25.6 Å². The van der Waals surface area contributed by atoms with Crippen LogP contribution >= 0.6 is 0 Å². The van der Waals surface area contributed by atoms with Crippen molar-refractivity contribution in [3.05, 3.63) is 0 Å². The number of unbranched alkanes of at least 4 members (excludes halogenated alkanes) is 7. The number of hydrogen-bond donors (Lipinski definition) is 0. The Hall–Kier alpha value is 0.844. The van der Waals surface area contributed by atoms with Crippen molar-refractivity contribution in [1.82, 2.24) is 0 Å². The van der Waals surface area contributed by atoms with Gasteiger partial charge >= 0.3 is 17.6 Å². The second-order valence-electron chi connectivity index (χ2n) is 12.3. The zero-order valence-electron chi connectivity index (χ0n) is 30.4. The third kappa shape index (κ3) is 13.3. The summed E-state index contributed by atoms with van der Waals surface area (Å²) >= 11 is 0. The van der Waals surface area contributed by atoms with Crippen molar-refractivity contribution in [1.29, 1.82) is 0 Å². The molecule has 6 nitrogen and oxygen atoms in total. The number of hydrogen-bond acceptors (Lipinski definition) is 6. The molecule has 0 heterocycles. The standard InChI is InChI=1S/C31H74O6Si5/c1-13-38(14-2,15-3)35-42(36-39(16-4,17-5)18-6,37-40(19-7,20-8)21-9)31-29-27-25-23-22-24-26-28-30-41(32-10,33-11)34-12/h13-31H2,1-12H3. The molecule has 0 aromatic carbocycles. The third-order valence-corrected chi connectivity index (χ3v) is 34.9. The van der Waals surface area contributed by atoms with E-state index in [4.69, 9.17) is 25.6 Å².